The number of hydrogen-bond donors (Lipinski definition) is 1. The Morgan fingerprint density at radius 1 is 1.29 bits per heavy atom. The lowest BCUT2D eigenvalue weighted by Gasteiger charge is -2.47. The van der Waals surface area contributed by atoms with Gasteiger partial charge in [-0.3, -0.25) is 9.59 Å². The van der Waals surface area contributed by atoms with Crippen LogP contribution >= 0.6 is 0 Å². The number of fused-ring (bicyclic) bond motifs is 2. The summed E-state index contributed by atoms with van der Waals surface area (Å²) in [6, 6.07) is 0.0595. The summed E-state index contributed by atoms with van der Waals surface area (Å²) in [4.78, 5) is 36.2. The molecule has 1 amide bonds. The van der Waals surface area contributed by atoms with E-state index in [-0.39, 0.29) is 53.7 Å². The number of alkyl carbamates (subject to hydrolysis) is 1. The van der Waals surface area contributed by atoms with Gasteiger partial charge < -0.3 is 14.8 Å². The summed E-state index contributed by atoms with van der Waals surface area (Å²) in [5.41, 5.74) is 0. The fraction of sp³-hybridized carbons (Fsp3) is 0.833. The third-order valence-corrected chi connectivity index (χ3v) is 6.15. The number of hydrogen-bond acceptors (Lipinski definition) is 5. The normalized spacial score (nSPS) is 41.0. The lowest BCUT2D eigenvalue weighted by molar-refractivity contribution is -0.144. The minimum Gasteiger partial charge on any atom is -0.462 e. The molecule has 1 saturated heterocycles. The number of ketones is 1. The zero-order valence-electron chi connectivity index (χ0n) is 14.6. The minimum atomic E-state index is -0.383. The fourth-order valence-electron chi connectivity index (χ4n) is 5.31. The van der Waals surface area contributed by atoms with Crippen molar-refractivity contribution in [3.05, 3.63) is 0 Å². The molecule has 3 rings (SSSR count). The standard InChI is InChI=1S/C18H27NO5/c1-4-23-18(22)19-12-5-6-13-11(7-12)8-14-16(15(13)9(2)20)10(3)24-17(14)21/h10-16H,4-8H2,1-3H3,(H,19,22)/t10-,11+,12+,13-,14-,15+,16-/m1/s1. The first kappa shape index (κ1) is 17.2. The maximum absolute atomic E-state index is 12.3. The molecule has 6 nitrogen and oxygen atoms in total. The number of cyclic esters (lactones) is 1. The van der Waals surface area contributed by atoms with E-state index in [2.05, 4.69) is 5.32 Å². The highest BCUT2D eigenvalue weighted by Gasteiger charge is 2.56. The first-order chi connectivity index (χ1) is 11.4. The fourth-order valence-corrected chi connectivity index (χ4v) is 5.31. The van der Waals surface area contributed by atoms with Gasteiger partial charge in [-0.1, -0.05) is 0 Å². The van der Waals surface area contributed by atoms with Gasteiger partial charge in [0.15, 0.2) is 0 Å². The summed E-state index contributed by atoms with van der Waals surface area (Å²) in [6.07, 6.45) is 2.77. The maximum atomic E-state index is 12.3. The van der Waals surface area contributed by atoms with Crippen molar-refractivity contribution in [1.82, 2.24) is 5.32 Å². The molecule has 6 heteroatoms. The Labute approximate surface area is 142 Å². The van der Waals surface area contributed by atoms with Crippen LogP contribution < -0.4 is 5.32 Å². The quantitative estimate of drug-likeness (QED) is 0.799. The highest BCUT2D eigenvalue weighted by Crippen LogP contribution is 2.53. The predicted octanol–water partition coefficient (Wildman–Crippen LogP) is 2.30. The van der Waals surface area contributed by atoms with Crippen LogP contribution in [0.4, 0.5) is 4.79 Å². The molecule has 0 bridgehead atoms. The largest absolute Gasteiger partial charge is 0.462 e. The van der Waals surface area contributed by atoms with Gasteiger partial charge in [-0.2, -0.15) is 0 Å². The Kier molecular flexibility index (Phi) is 4.83. The maximum Gasteiger partial charge on any atom is 0.407 e. The molecular weight excluding hydrogens is 310 g/mol. The Hall–Kier alpha value is -1.59. The van der Waals surface area contributed by atoms with E-state index in [1.54, 1.807) is 13.8 Å². The Morgan fingerprint density at radius 3 is 2.71 bits per heavy atom. The van der Waals surface area contributed by atoms with E-state index in [0.717, 1.165) is 25.7 Å². The van der Waals surface area contributed by atoms with E-state index in [1.807, 2.05) is 6.92 Å². The summed E-state index contributed by atoms with van der Waals surface area (Å²) >= 11 is 0. The van der Waals surface area contributed by atoms with Crippen molar-refractivity contribution < 1.29 is 23.9 Å². The zero-order valence-corrected chi connectivity index (χ0v) is 14.6. The SMILES string of the molecule is CCOC(=O)N[C@H]1CC[C@@H]2[C@@H](C1)C[C@H]1C(=O)O[C@H](C)[C@H]1[C@H]2C(C)=O. The van der Waals surface area contributed by atoms with Gasteiger partial charge in [-0.25, -0.2) is 4.79 Å². The van der Waals surface area contributed by atoms with Gasteiger partial charge in [-0.15, -0.1) is 0 Å². The number of nitrogens with one attached hydrogen (secondary N) is 1. The molecule has 1 heterocycles. The van der Waals surface area contributed by atoms with Gasteiger partial charge in [0.1, 0.15) is 11.9 Å². The van der Waals surface area contributed by atoms with Crippen LogP contribution in [0.1, 0.15) is 46.5 Å². The molecule has 1 N–H and O–H groups in total. The number of carbonyl (C=O) groups excluding carboxylic acids is 3. The van der Waals surface area contributed by atoms with Crippen molar-refractivity contribution in [1.29, 1.82) is 0 Å². The smallest absolute Gasteiger partial charge is 0.407 e. The van der Waals surface area contributed by atoms with Crippen molar-refractivity contribution in [2.45, 2.75) is 58.6 Å². The molecule has 134 valence electrons. The van der Waals surface area contributed by atoms with Crippen molar-refractivity contribution in [2.75, 3.05) is 6.61 Å². The molecule has 0 aromatic carbocycles. The van der Waals surface area contributed by atoms with Gasteiger partial charge in [0.2, 0.25) is 0 Å². The molecule has 7 atom stereocenters. The molecule has 2 aliphatic carbocycles. The van der Waals surface area contributed by atoms with Crippen molar-refractivity contribution in [3.8, 4) is 0 Å². The molecule has 0 aromatic rings. The number of rotatable bonds is 3. The van der Waals surface area contributed by atoms with E-state index < -0.39 is 0 Å². The van der Waals surface area contributed by atoms with Crippen LogP contribution in [0.2, 0.25) is 0 Å². The van der Waals surface area contributed by atoms with Crippen LogP contribution in [0, 0.1) is 29.6 Å². The third kappa shape index (κ3) is 3.03. The number of carbonyl (C=O) groups is 3. The molecule has 1 aliphatic heterocycles. The van der Waals surface area contributed by atoms with Gasteiger partial charge in [0.05, 0.1) is 12.5 Å². The average molecular weight is 337 g/mol. The van der Waals surface area contributed by atoms with E-state index >= 15 is 0 Å². The monoisotopic (exact) mass is 337 g/mol. The van der Waals surface area contributed by atoms with Gasteiger partial charge in [-0.05, 0) is 58.3 Å². The second kappa shape index (κ2) is 6.73. The molecule has 24 heavy (non-hydrogen) atoms. The molecule has 0 unspecified atom stereocenters. The first-order valence-electron chi connectivity index (χ1n) is 9.06. The Balaban J connectivity index is 1.74. The lowest BCUT2D eigenvalue weighted by atomic mass is 9.56. The molecule has 2 saturated carbocycles. The summed E-state index contributed by atoms with van der Waals surface area (Å²) in [7, 11) is 0. The van der Waals surface area contributed by atoms with Crippen LogP contribution in [0.25, 0.3) is 0 Å². The van der Waals surface area contributed by atoms with Crippen LogP contribution in [-0.2, 0) is 19.1 Å². The van der Waals surface area contributed by atoms with Crippen molar-refractivity contribution in [3.63, 3.8) is 0 Å². The molecule has 0 radical (unpaired) electrons. The van der Waals surface area contributed by atoms with E-state index in [1.165, 1.54) is 0 Å². The van der Waals surface area contributed by atoms with Crippen LogP contribution in [-0.4, -0.2) is 36.6 Å². The summed E-state index contributed by atoms with van der Waals surface area (Å²) in [6.45, 7) is 5.68. The number of esters is 1. The number of amides is 1. The second-order valence-corrected chi connectivity index (χ2v) is 7.50. The third-order valence-electron chi connectivity index (χ3n) is 6.15. The van der Waals surface area contributed by atoms with Crippen LogP contribution in [0.5, 0.6) is 0 Å². The van der Waals surface area contributed by atoms with E-state index in [0.29, 0.717) is 12.5 Å². The number of Topliss-reactive ketones (excluding diaryl/α,β-unsaturated/α-hetero) is 1. The van der Waals surface area contributed by atoms with E-state index in [4.69, 9.17) is 9.47 Å². The lowest BCUT2D eigenvalue weighted by Crippen LogP contribution is -2.50. The minimum absolute atomic E-state index is 0.0193. The molecule has 3 fully saturated rings. The van der Waals surface area contributed by atoms with Crippen molar-refractivity contribution in [2.24, 2.45) is 29.6 Å². The second-order valence-electron chi connectivity index (χ2n) is 7.50. The van der Waals surface area contributed by atoms with Crippen molar-refractivity contribution >= 4 is 17.8 Å². The summed E-state index contributed by atoms with van der Waals surface area (Å²) in [5.74, 6) is 0.333. The molecule has 0 spiro atoms. The van der Waals surface area contributed by atoms with Gasteiger partial charge in [0.25, 0.3) is 0 Å². The van der Waals surface area contributed by atoms with Gasteiger partial charge >= 0.3 is 12.1 Å². The van der Waals surface area contributed by atoms with Gasteiger partial charge in [0, 0.05) is 17.9 Å². The van der Waals surface area contributed by atoms with Crippen LogP contribution in [0.3, 0.4) is 0 Å². The van der Waals surface area contributed by atoms with Crippen LogP contribution in [0.15, 0.2) is 0 Å². The predicted molar refractivity (Wildman–Crippen MR) is 86.1 cm³/mol. The molecular formula is C18H27NO5. The molecule has 0 aromatic heterocycles. The zero-order chi connectivity index (χ0) is 17.4. The first-order valence-corrected chi connectivity index (χ1v) is 9.06. The van der Waals surface area contributed by atoms with E-state index in [9.17, 15) is 14.4 Å². The molecule has 3 aliphatic rings. The highest BCUT2D eigenvalue weighted by atomic mass is 16.6. The Morgan fingerprint density at radius 2 is 2.04 bits per heavy atom. The topological polar surface area (TPSA) is 81.7 Å². The summed E-state index contributed by atoms with van der Waals surface area (Å²) < 4.78 is 10.4. The highest BCUT2D eigenvalue weighted by molar-refractivity contribution is 5.83. The Bertz CT molecular complexity index is 534. The summed E-state index contributed by atoms with van der Waals surface area (Å²) in [5, 5.41) is 2.91. The number of ether oxygens (including phenoxy) is 2. The average Bonchev–Trinajstić information content (AvgIpc) is 2.79.